The zero-order valence-corrected chi connectivity index (χ0v) is 19.7. The van der Waals surface area contributed by atoms with Crippen molar-refractivity contribution >= 4 is 18.6 Å². The number of halogens is 1. The van der Waals surface area contributed by atoms with Crippen LogP contribution in [0.15, 0.2) is 39.4 Å². The van der Waals surface area contributed by atoms with Crippen molar-refractivity contribution in [3.8, 4) is 0 Å². The normalized spacial score (nSPS) is 23.0. The average Bonchev–Trinajstić information content (AvgIpc) is 2.77. The molecule has 3 aliphatic rings. The van der Waals surface area contributed by atoms with Crippen LogP contribution < -0.4 is 4.66 Å². The van der Waals surface area contributed by atoms with Crippen LogP contribution in [0.3, 0.4) is 0 Å². The molecule has 0 saturated carbocycles. The summed E-state index contributed by atoms with van der Waals surface area (Å²) in [6, 6.07) is 0.306. The zero-order valence-electron chi connectivity index (χ0n) is 17.9. The average molecular weight is 537 g/mol. The minimum atomic E-state index is -4.19. The Balaban J connectivity index is 0. The van der Waals surface area contributed by atoms with Crippen molar-refractivity contribution in [1.29, 1.82) is 0 Å². The maximum atomic E-state index is 9.71. The minimum absolute atomic E-state index is 0. The van der Waals surface area contributed by atoms with E-state index in [1.54, 1.807) is 6.08 Å². The van der Waals surface area contributed by atoms with Crippen LogP contribution in [0.2, 0.25) is 0 Å². The SMILES string of the molecule is O/N=C/C1CCCC[N-]1.[Co+3].[O-]/N=C/C1=CC=CC[N-]1.[O-]/N=C/C1CCCC[N-]1.[O-][Cl+](O)(O)O. The van der Waals surface area contributed by atoms with Gasteiger partial charge in [-0.2, -0.15) is 0 Å². The summed E-state index contributed by atoms with van der Waals surface area (Å²) in [5, 5.41) is 48.0. The second-order valence-corrected chi connectivity index (χ2v) is 7.35. The number of nitrogens with zero attached hydrogens (tertiary/aromatic N) is 6. The Morgan fingerprint density at radius 1 is 0.939 bits per heavy atom. The molecule has 3 rings (SSSR count). The molecule has 2 atom stereocenters. The van der Waals surface area contributed by atoms with Crippen molar-refractivity contribution in [2.24, 2.45) is 15.5 Å². The molecule has 0 radical (unpaired) electrons. The molecular formula is C18H30ClCoN6O7-2. The molecule has 13 nitrogen and oxygen atoms in total. The first-order chi connectivity index (χ1) is 15.3. The van der Waals surface area contributed by atoms with E-state index in [1.807, 2.05) is 12.2 Å². The van der Waals surface area contributed by atoms with E-state index >= 15 is 0 Å². The van der Waals surface area contributed by atoms with Crippen molar-refractivity contribution in [3.05, 3.63) is 50.3 Å². The molecule has 3 heterocycles. The maximum absolute atomic E-state index is 9.71. The molecule has 0 amide bonds. The molecule has 0 bridgehead atoms. The summed E-state index contributed by atoms with van der Waals surface area (Å²) in [7, 11) is -4.19. The third kappa shape index (κ3) is 24.7. The van der Waals surface area contributed by atoms with Gasteiger partial charge in [-0.3, -0.25) is 0 Å². The number of rotatable bonds is 3. The summed E-state index contributed by atoms with van der Waals surface area (Å²) in [5.41, 5.74) is 0.646. The van der Waals surface area contributed by atoms with Crippen molar-refractivity contribution in [2.45, 2.75) is 50.6 Å². The van der Waals surface area contributed by atoms with E-state index in [0.717, 1.165) is 25.9 Å². The molecule has 0 aromatic heterocycles. The van der Waals surface area contributed by atoms with Gasteiger partial charge in [-0.15, -0.1) is 42.6 Å². The first kappa shape index (κ1) is 33.4. The first-order valence-electron chi connectivity index (χ1n) is 9.83. The molecular weight excluding hydrogens is 507 g/mol. The molecule has 2 unspecified atom stereocenters. The van der Waals surface area contributed by atoms with Gasteiger partial charge in [0.2, 0.25) is 0 Å². The van der Waals surface area contributed by atoms with Gasteiger partial charge in [0, 0.05) is 12.4 Å². The van der Waals surface area contributed by atoms with Gasteiger partial charge in [0.05, 0.1) is 0 Å². The molecule has 15 heteroatoms. The Bertz CT molecular complexity index is 574. The Morgan fingerprint density at radius 3 is 1.85 bits per heavy atom. The molecule has 2 fully saturated rings. The van der Waals surface area contributed by atoms with Crippen molar-refractivity contribution in [3.63, 3.8) is 0 Å². The van der Waals surface area contributed by atoms with Crippen LogP contribution in [0.4, 0.5) is 0 Å². The van der Waals surface area contributed by atoms with E-state index in [2.05, 4.69) is 31.4 Å². The van der Waals surface area contributed by atoms with Crippen LogP contribution in [-0.4, -0.2) is 69.5 Å². The Labute approximate surface area is 205 Å². The molecule has 4 N–H and O–H groups in total. The predicted molar refractivity (Wildman–Crippen MR) is 118 cm³/mol. The summed E-state index contributed by atoms with van der Waals surface area (Å²) < 4.78 is 30.2. The molecule has 0 aliphatic carbocycles. The summed E-state index contributed by atoms with van der Waals surface area (Å²) in [6.07, 6.45) is 16.4. The van der Waals surface area contributed by atoms with Gasteiger partial charge in [0.25, 0.3) is 0 Å². The number of oxime groups is 1. The number of piperidine rings is 2. The third-order valence-corrected chi connectivity index (χ3v) is 3.98. The van der Waals surface area contributed by atoms with Gasteiger partial charge < -0.3 is 41.9 Å². The van der Waals surface area contributed by atoms with Crippen LogP contribution in [0.1, 0.15) is 38.5 Å². The molecule has 0 aromatic carbocycles. The van der Waals surface area contributed by atoms with E-state index < -0.39 is 10.2 Å². The Morgan fingerprint density at radius 2 is 1.48 bits per heavy atom. The van der Waals surface area contributed by atoms with Gasteiger partial charge in [-0.05, 0) is 6.21 Å². The number of hydrogen-bond donors (Lipinski definition) is 4. The molecule has 0 aromatic rings. The first-order valence-corrected chi connectivity index (χ1v) is 11.1. The quantitative estimate of drug-likeness (QED) is 0.235. The summed E-state index contributed by atoms with van der Waals surface area (Å²) in [5.74, 6) is 0. The zero-order chi connectivity index (χ0) is 24.1. The van der Waals surface area contributed by atoms with Crippen LogP contribution in [0.5, 0.6) is 0 Å². The number of allylic oxidation sites excluding steroid dienone is 3. The van der Waals surface area contributed by atoms with Gasteiger partial charge >= 0.3 is 45.7 Å². The molecule has 3 aliphatic heterocycles. The second kappa shape index (κ2) is 22.1. The molecule has 33 heavy (non-hydrogen) atoms. The van der Waals surface area contributed by atoms with Crippen molar-refractivity contribution in [2.75, 3.05) is 19.6 Å². The van der Waals surface area contributed by atoms with Crippen LogP contribution >= 0.6 is 0 Å². The Hall–Kier alpha value is -1.75. The molecule has 0 spiro atoms. The summed E-state index contributed by atoms with van der Waals surface area (Å²) in [6.45, 7) is 2.48. The van der Waals surface area contributed by atoms with E-state index in [1.165, 1.54) is 44.3 Å². The van der Waals surface area contributed by atoms with Crippen molar-refractivity contribution < 1.29 is 50.9 Å². The van der Waals surface area contributed by atoms with E-state index in [0.29, 0.717) is 12.2 Å². The van der Waals surface area contributed by atoms with E-state index in [9.17, 15) is 10.4 Å². The fraction of sp³-hybridized carbons (Fsp3) is 0.611. The summed E-state index contributed by atoms with van der Waals surface area (Å²) >= 11 is 0. The van der Waals surface area contributed by atoms with Gasteiger partial charge in [-0.1, -0.05) is 56.7 Å². The predicted octanol–water partition coefficient (Wildman–Crippen LogP) is 1.37. The summed E-state index contributed by atoms with van der Waals surface area (Å²) in [4.78, 5) is 0. The monoisotopic (exact) mass is 536 g/mol. The van der Waals surface area contributed by atoms with Gasteiger partial charge in [0.1, 0.15) is 0 Å². The Kier molecular flexibility index (Phi) is 22.3. The molecule has 2 saturated heterocycles. The van der Waals surface area contributed by atoms with Crippen LogP contribution in [-0.2, 0) is 16.8 Å². The fourth-order valence-corrected chi connectivity index (χ4v) is 2.59. The standard InChI is InChI=1S/2C6H11N2O.C6H7N2O.ClH3O4.Co/c3*9-8-5-6-3-1-2-4-7-6;2-1(3,4)5;/h2*5-6,9H,1-4H2;1-3,5,9H,4H2;2-4H;/q3*-1;;+3/p-2/b3*8-5+;;. The van der Waals surface area contributed by atoms with E-state index in [-0.39, 0.29) is 28.9 Å². The van der Waals surface area contributed by atoms with Gasteiger partial charge in [0.15, 0.2) is 0 Å². The fourth-order valence-electron chi connectivity index (χ4n) is 2.59. The van der Waals surface area contributed by atoms with Crippen LogP contribution in [0, 0.1) is 20.7 Å². The topological polar surface area (TPSA) is 229 Å². The van der Waals surface area contributed by atoms with Crippen molar-refractivity contribution in [1.82, 2.24) is 0 Å². The van der Waals surface area contributed by atoms with Gasteiger partial charge in [-0.25, -0.2) is 0 Å². The van der Waals surface area contributed by atoms with E-state index in [4.69, 9.17) is 23.8 Å². The second-order valence-electron chi connectivity index (χ2n) is 6.49. The third-order valence-electron chi connectivity index (χ3n) is 3.98. The number of hydrogen-bond acceptors (Lipinski definition) is 10. The molecule has 192 valence electrons. The van der Waals surface area contributed by atoms with Crippen LogP contribution in [0.25, 0.3) is 16.0 Å².